The smallest absolute Gasteiger partial charge is 0.251 e. The number of nitrogens with one attached hydrogen (secondary N) is 2. The molecule has 2 N–H and O–H groups in total. The number of benzene rings is 1. The SMILES string of the molecule is COc1ccc(CNc2cc(C(=O)NCc3ccncc3)ccn2)cc1OC. The first-order valence-electron chi connectivity index (χ1n) is 8.77. The van der Waals surface area contributed by atoms with E-state index in [1.54, 1.807) is 44.9 Å². The number of ether oxygens (including phenoxy) is 2. The summed E-state index contributed by atoms with van der Waals surface area (Å²) in [5.41, 5.74) is 2.54. The third-order valence-corrected chi connectivity index (χ3v) is 4.15. The zero-order chi connectivity index (χ0) is 19.8. The van der Waals surface area contributed by atoms with Gasteiger partial charge in [-0.2, -0.15) is 0 Å². The van der Waals surface area contributed by atoms with Crippen LogP contribution in [0.5, 0.6) is 11.5 Å². The van der Waals surface area contributed by atoms with Gasteiger partial charge in [0.15, 0.2) is 11.5 Å². The van der Waals surface area contributed by atoms with E-state index in [9.17, 15) is 4.79 Å². The molecule has 3 aromatic rings. The molecule has 0 radical (unpaired) electrons. The molecule has 1 amide bonds. The maximum atomic E-state index is 12.4. The summed E-state index contributed by atoms with van der Waals surface area (Å²) >= 11 is 0. The van der Waals surface area contributed by atoms with Crippen molar-refractivity contribution in [3.05, 3.63) is 77.7 Å². The number of amides is 1. The van der Waals surface area contributed by atoms with Gasteiger partial charge in [0.25, 0.3) is 5.91 Å². The van der Waals surface area contributed by atoms with Gasteiger partial charge in [-0.25, -0.2) is 4.98 Å². The Labute approximate surface area is 163 Å². The van der Waals surface area contributed by atoms with Gasteiger partial charge in [-0.3, -0.25) is 9.78 Å². The van der Waals surface area contributed by atoms with Crippen LogP contribution in [0.2, 0.25) is 0 Å². The van der Waals surface area contributed by atoms with Crippen LogP contribution in [0.25, 0.3) is 0 Å². The predicted molar refractivity (Wildman–Crippen MR) is 107 cm³/mol. The molecular weight excluding hydrogens is 356 g/mol. The molecule has 2 heterocycles. The molecule has 1 aromatic carbocycles. The molecule has 0 spiro atoms. The molecule has 0 aliphatic heterocycles. The minimum absolute atomic E-state index is 0.159. The van der Waals surface area contributed by atoms with Gasteiger partial charge in [0.2, 0.25) is 0 Å². The number of nitrogens with zero attached hydrogens (tertiary/aromatic N) is 2. The zero-order valence-corrected chi connectivity index (χ0v) is 15.8. The highest BCUT2D eigenvalue weighted by molar-refractivity contribution is 5.94. The number of methoxy groups -OCH3 is 2. The predicted octanol–water partition coefficient (Wildman–Crippen LogP) is 3.04. The van der Waals surface area contributed by atoms with Crippen LogP contribution in [0.3, 0.4) is 0 Å². The molecule has 0 unspecified atom stereocenters. The Kier molecular flexibility index (Phi) is 6.41. The lowest BCUT2D eigenvalue weighted by Crippen LogP contribution is -2.23. The highest BCUT2D eigenvalue weighted by Crippen LogP contribution is 2.27. The summed E-state index contributed by atoms with van der Waals surface area (Å²) in [5.74, 6) is 1.80. The quantitative estimate of drug-likeness (QED) is 0.627. The largest absolute Gasteiger partial charge is 0.493 e. The van der Waals surface area contributed by atoms with E-state index in [1.807, 2.05) is 30.3 Å². The molecule has 2 aromatic heterocycles. The fourth-order valence-electron chi connectivity index (χ4n) is 2.64. The van der Waals surface area contributed by atoms with Crippen LogP contribution < -0.4 is 20.1 Å². The van der Waals surface area contributed by atoms with Crippen molar-refractivity contribution in [2.24, 2.45) is 0 Å². The van der Waals surface area contributed by atoms with Gasteiger partial charge < -0.3 is 20.1 Å². The van der Waals surface area contributed by atoms with E-state index in [4.69, 9.17) is 9.47 Å². The third kappa shape index (κ3) is 4.97. The first-order valence-corrected chi connectivity index (χ1v) is 8.77. The summed E-state index contributed by atoms with van der Waals surface area (Å²) in [4.78, 5) is 20.6. The van der Waals surface area contributed by atoms with Crippen molar-refractivity contribution in [3.8, 4) is 11.5 Å². The van der Waals surface area contributed by atoms with E-state index >= 15 is 0 Å². The maximum absolute atomic E-state index is 12.4. The van der Waals surface area contributed by atoms with Crippen molar-refractivity contribution in [2.45, 2.75) is 13.1 Å². The summed E-state index contributed by atoms with van der Waals surface area (Å²) in [6.45, 7) is 0.980. The van der Waals surface area contributed by atoms with Gasteiger partial charge >= 0.3 is 0 Å². The Morgan fingerprint density at radius 3 is 2.43 bits per heavy atom. The van der Waals surface area contributed by atoms with Crippen molar-refractivity contribution >= 4 is 11.7 Å². The molecular formula is C21H22N4O3. The second-order valence-electron chi connectivity index (χ2n) is 6.01. The van der Waals surface area contributed by atoms with E-state index < -0.39 is 0 Å². The Bertz CT molecular complexity index is 932. The highest BCUT2D eigenvalue weighted by atomic mass is 16.5. The minimum Gasteiger partial charge on any atom is -0.493 e. The minimum atomic E-state index is -0.159. The monoisotopic (exact) mass is 378 g/mol. The van der Waals surface area contributed by atoms with Crippen LogP contribution in [-0.2, 0) is 13.1 Å². The van der Waals surface area contributed by atoms with Crippen molar-refractivity contribution < 1.29 is 14.3 Å². The van der Waals surface area contributed by atoms with Crippen LogP contribution in [0.15, 0.2) is 61.1 Å². The molecule has 0 saturated heterocycles. The lowest BCUT2D eigenvalue weighted by atomic mass is 10.2. The van der Waals surface area contributed by atoms with Crippen molar-refractivity contribution in [2.75, 3.05) is 19.5 Å². The maximum Gasteiger partial charge on any atom is 0.251 e. The summed E-state index contributed by atoms with van der Waals surface area (Å²) in [6, 6.07) is 12.8. The van der Waals surface area contributed by atoms with E-state index in [1.165, 1.54) is 0 Å². The molecule has 28 heavy (non-hydrogen) atoms. The fraction of sp³-hybridized carbons (Fsp3) is 0.190. The number of aromatic nitrogens is 2. The van der Waals surface area contributed by atoms with Crippen LogP contribution in [0.4, 0.5) is 5.82 Å². The lowest BCUT2D eigenvalue weighted by Gasteiger charge is -2.11. The van der Waals surface area contributed by atoms with Crippen molar-refractivity contribution in [1.29, 1.82) is 0 Å². The standard InChI is InChI=1S/C21H22N4O3/c1-27-18-4-3-16(11-19(18)28-2)14-24-20-12-17(7-10-23-20)21(26)25-13-15-5-8-22-9-6-15/h3-12H,13-14H2,1-2H3,(H,23,24)(H,25,26). The molecule has 0 bridgehead atoms. The van der Waals surface area contributed by atoms with Gasteiger partial charge in [0.05, 0.1) is 14.2 Å². The van der Waals surface area contributed by atoms with Crippen LogP contribution in [0.1, 0.15) is 21.5 Å². The van der Waals surface area contributed by atoms with Crippen LogP contribution in [-0.4, -0.2) is 30.1 Å². The second-order valence-corrected chi connectivity index (χ2v) is 6.01. The van der Waals surface area contributed by atoms with Gasteiger partial charge in [0, 0.05) is 37.2 Å². The van der Waals surface area contributed by atoms with E-state index in [0.717, 1.165) is 11.1 Å². The Morgan fingerprint density at radius 2 is 1.68 bits per heavy atom. The number of pyridine rings is 2. The average molecular weight is 378 g/mol. The third-order valence-electron chi connectivity index (χ3n) is 4.15. The number of carbonyl (C=O) groups excluding carboxylic acids is 1. The average Bonchev–Trinajstić information content (AvgIpc) is 2.76. The number of rotatable bonds is 8. The number of carbonyl (C=O) groups is 1. The van der Waals surface area contributed by atoms with Crippen molar-refractivity contribution in [3.63, 3.8) is 0 Å². The molecule has 3 rings (SSSR count). The molecule has 0 fully saturated rings. The number of anilines is 1. The van der Waals surface area contributed by atoms with Gasteiger partial charge in [0.1, 0.15) is 5.82 Å². The van der Waals surface area contributed by atoms with Gasteiger partial charge in [-0.15, -0.1) is 0 Å². The molecule has 144 valence electrons. The zero-order valence-electron chi connectivity index (χ0n) is 15.8. The van der Waals surface area contributed by atoms with E-state index in [2.05, 4.69) is 20.6 Å². The Balaban J connectivity index is 1.61. The number of hydrogen-bond donors (Lipinski definition) is 2. The Hall–Kier alpha value is -3.61. The summed E-state index contributed by atoms with van der Waals surface area (Å²) in [5, 5.41) is 6.11. The highest BCUT2D eigenvalue weighted by Gasteiger charge is 2.08. The van der Waals surface area contributed by atoms with Gasteiger partial charge in [-0.1, -0.05) is 6.07 Å². The van der Waals surface area contributed by atoms with Crippen LogP contribution in [0, 0.1) is 0 Å². The fourth-order valence-corrected chi connectivity index (χ4v) is 2.64. The topological polar surface area (TPSA) is 85.4 Å². The summed E-state index contributed by atoms with van der Waals surface area (Å²) in [7, 11) is 3.20. The first kappa shape index (κ1) is 19.2. The first-order chi connectivity index (χ1) is 13.7. The molecule has 0 atom stereocenters. The molecule has 0 aliphatic carbocycles. The molecule has 7 heteroatoms. The van der Waals surface area contributed by atoms with E-state index in [-0.39, 0.29) is 5.91 Å². The molecule has 7 nitrogen and oxygen atoms in total. The lowest BCUT2D eigenvalue weighted by molar-refractivity contribution is 0.0951. The normalized spacial score (nSPS) is 10.2. The van der Waals surface area contributed by atoms with E-state index in [0.29, 0.717) is 36.0 Å². The molecule has 0 aliphatic rings. The number of hydrogen-bond acceptors (Lipinski definition) is 6. The summed E-state index contributed by atoms with van der Waals surface area (Å²) < 4.78 is 10.6. The molecule has 0 saturated carbocycles. The summed E-state index contributed by atoms with van der Waals surface area (Å²) in [6.07, 6.45) is 5.01. The van der Waals surface area contributed by atoms with Gasteiger partial charge in [-0.05, 0) is 47.5 Å². The van der Waals surface area contributed by atoms with Crippen molar-refractivity contribution in [1.82, 2.24) is 15.3 Å². The Morgan fingerprint density at radius 1 is 0.893 bits per heavy atom. The van der Waals surface area contributed by atoms with Crippen LogP contribution >= 0.6 is 0 Å². The second kappa shape index (κ2) is 9.36.